The van der Waals surface area contributed by atoms with Crippen LogP contribution in [0.25, 0.3) is 0 Å². The quantitative estimate of drug-likeness (QED) is 0.766. The average Bonchev–Trinajstić information content (AvgIpc) is 3.24. The molecule has 3 heteroatoms. The van der Waals surface area contributed by atoms with Gasteiger partial charge in [-0.15, -0.1) is 0 Å². The maximum atomic E-state index is 12.2. The van der Waals surface area contributed by atoms with Crippen LogP contribution in [0.4, 0.5) is 0 Å². The predicted molar refractivity (Wildman–Crippen MR) is 76.1 cm³/mol. The molecule has 0 bridgehead atoms. The first-order chi connectivity index (χ1) is 9.27. The van der Waals surface area contributed by atoms with Crippen LogP contribution in [0, 0.1) is 0 Å². The monoisotopic (exact) mass is 261 g/mol. The molecule has 3 nitrogen and oxygen atoms in total. The van der Waals surface area contributed by atoms with Crippen LogP contribution < -0.4 is 5.32 Å². The van der Waals surface area contributed by atoms with Crippen molar-refractivity contribution in [1.82, 2.24) is 5.32 Å². The van der Waals surface area contributed by atoms with E-state index in [-0.39, 0.29) is 12.0 Å². The van der Waals surface area contributed by atoms with Crippen molar-refractivity contribution in [3.05, 3.63) is 35.4 Å². The Morgan fingerprint density at radius 2 is 2.11 bits per heavy atom. The summed E-state index contributed by atoms with van der Waals surface area (Å²) in [6.07, 6.45) is 3.47. The van der Waals surface area contributed by atoms with Gasteiger partial charge in [-0.1, -0.05) is 31.2 Å². The molecule has 1 aromatic carbocycles. The first-order valence-corrected chi connectivity index (χ1v) is 7.26. The van der Waals surface area contributed by atoms with Crippen LogP contribution in [0.3, 0.4) is 0 Å². The van der Waals surface area contributed by atoms with Gasteiger partial charge in [-0.2, -0.15) is 0 Å². The van der Waals surface area contributed by atoms with Crippen LogP contribution >= 0.6 is 0 Å². The van der Waals surface area contributed by atoms with Gasteiger partial charge in [0.2, 0.25) is 0 Å². The third kappa shape index (κ3) is 3.57. The third-order valence-corrected chi connectivity index (χ3v) is 3.44. The van der Waals surface area contributed by atoms with Crippen LogP contribution in [-0.2, 0) is 9.53 Å². The summed E-state index contributed by atoms with van der Waals surface area (Å²) in [4.78, 5) is 12.2. The van der Waals surface area contributed by atoms with Crippen LogP contribution in [-0.4, -0.2) is 19.1 Å². The Bertz CT molecular complexity index is 427. The second-order valence-electron chi connectivity index (χ2n) is 5.04. The summed E-state index contributed by atoms with van der Waals surface area (Å²) in [5.41, 5.74) is 2.40. The molecule has 0 spiro atoms. The molecule has 1 N–H and O–H groups in total. The number of benzene rings is 1. The van der Waals surface area contributed by atoms with Crippen LogP contribution in [0.1, 0.15) is 56.2 Å². The summed E-state index contributed by atoms with van der Waals surface area (Å²) in [6, 6.07) is 7.93. The molecule has 1 aliphatic rings. The highest BCUT2D eigenvalue weighted by atomic mass is 16.5. The van der Waals surface area contributed by atoms with Gasteiger partial charge in [0.25, 0.3) is 0 Å². The molecular weight excluding hydrogens is 238 g/mol. The van der Waals surface area contributed by atoms with Gasteiger partial charge in [0, 0.05) is 0 Å². The lowest BCUT2D eigenvalue weighted by atomic mass is 9.97. The number of carbonyl (C=O) groups excluding carboxylic acids is 1. The molecule has 1 unspecified atom stereocenters. The lowest BCUT2D eigenvalue weighted by molar-refractivity contribution is -0.145. The average molecular weight is 261 g/mol. The zero-order valence-electron chi connectivity index (χ0n) is 11.8. The van der Waals surface area contributed by atoms with E-state index in [4.69, 9.17) is 4.74 Å². The molecule has 0 aromatic heterocycles. The zero-order chi connectivity index (χ0) is 13.7. The minimum atomic E-state index is -0.323. The topological polar surface area (TPSA) is 38.3 Å². The minimum absolute atomic E-state index is 0.163. The van der Waals surface area contributed by atoms with Gasteiger partial charge in [0.15, 0.2) is 0 Å². The largest absolute Gasteiger partial charge is 0.465 e. The van der Waals surface area contributed by atoms with Crippen molar-refractivity contribution in [3.8, 4) is 0 Å². The molecular formula is C16H23NO2. The third-order valence-electron chi connectivity index (χ3n) is 3.44. The molecule has 0 saturated heterocycles. The summed E-state index contributed by atoms with van der Waals surface area (Å²) >= 11 is 0. The Kier molecular flexibility index (Phi) is 4.97. The van der Waals surface area contributed by atoms with Crippen molar-refractivity contribution in [2.24, 2.45) is 0 Å². The second-order valence-corrected chi connectivity index (χ2v) is 5.04. The molecule has 0 heterocycles. The Hall–Kier alpha value is -1.35. The zero-order valence-corrected chi connectivity index (χ0v) is 11.8. The fourth-order valence-electron chi connectivity index (χ4n) is 2.37. The summed E-state index contributed by atoms with van der Waals surface area (Å²) < 4.78 is 5.21. The van der Waals surface area contributed by atoms with Crippen molar-refractivity contribution in [2.45, 2.75) is 45.1 Å². The number of ether oxygens (including phenoxy) is 1. The van der Waals surface area contributed by atoms with E-state index >= 15 is 0 Å². The number of hydrogen-bond donors (Lipinski definition) is 1. The number of rotatable bonds is 7. The van der Waals surface area contributed by atoms with Crippen molar-refractivity contribution in [3.63, 3.8) is 0 Å². The molecule has 19 heavy (non-hydrogen) atoms. The summed E-state index contributed by atoms with van der Waals surface area (Å²) in [6.45, 7) is 5.20. The van der Waals surface area contributed by atoms with Crippen LogP contribution in [0.2, 0.25) is 0 Å². The highest BCUT2D eigenvalue weighted by Gasteiger charge is 2.30. The van der Waals surface area contributed by atoms with E-state index in [0.717, 1.165) is 18.5 Å². The molecule has 104 valence electrons. The maximum Gasteiger partial charge on any atom is 0.327 e. The van der Waals surface area contributed by atoms with Crippen molar-refractivity contribution in [1.29, 1.82) is 0 Å². The maximum absolute atomic E-state index is 12.2. The molecule has 1 atom stereocenters. The van der Waals surface area contributed by atoms with Gasteiger partial charge in [0.05, 0.1) is 6.61 Å². The van der Waals surface area contributed by atoms with Gasteiger partial charge in [-0.05, 0) is 49.8 Å². The van der Waals surface area contributed by atoms with Crippen LogP contribution in [0.15, 0.2) is 24.3 Å². The number of carbonyl (C=O) groups is 1. The van der Waals surface area contributed by atoms with E-state index in [9.17, 15) is 4.79 Å². The molecule has 1 fully saturated rings. The first-order valence-electron chi connectivity index (χ1n) is 7.26. The van der Waals surface area contributed by atoms with E-state index in [1.807, 2.05) is 13.0 Å². The van der Waals surface area contributed by atoms with Crippen molar-refractivity contribution in [2.75, 3.05) is 13.2 Å². The predicted octanol–water partition coefficient (Wildman–Crippen LogP) is 3.17. The van der Waals surface area contributed by atoms with Gasteiger partial charge in [-0.25, -0.2) is 4.79 Å². The molecule has 0 aliphatic heterocycles. The highest BCUT2D eigenvalue weighted by molar-refractivity contribution is 5.78. The molecule has 1 aliphatic carbocycles. The highest BCUT2D eigenvalue weighted by Crippen LogP contribution is 2.43. The van der Waals surface area contributed by atoms with Crippen molar-refractivity contribution >= 4 is 5.97 Å². The molecule has 1 aromatic rings. The van der Waals surface area contributed by atoms with Gasteiger partial charge in [0.1, 0.15) is 6.04 Å². The van der Waals surface area contributed by atoms with Gasteiger partial charge >= 0.3 is 5.97 Å². The van der Waals surface area contributed by atoms with Crippen molar-refractivity contribution < 1.29 is 9.53 Å². The van der Waals surface area contributed by atoms with Gasteiger partial charge in [-0.3, -0.25) is 0 Å². The fourth-order valence-corrected chi connectivity index (χ4v) is 2.37. The number of esters is 1. The minimum Gasteiger partial charge on any atom is -0.465 e. The Morgan fingerprint density at radius 1 is 1.37 bits per heavy atom. The second kappa shape index (κ2) is 6.71. The lowest BCUT2D eigenvalue weighted by Gasteiger charge is -2.20. The van der Waals surface area contributed by atoms with E-state index in [0.29, 0.717) is 12.5 Å². The van der Waals surface area contributed by atoms with E-state index in [1.165, 1.54) is 18.4 Å². The summed E-state index contributed by atoms with van der Waals surface area (Å²) in [5, 5.41) is 3.32. The van der Waals surface area contributed by atoms with E-state index in [1.54, 1.807) is 0 Å². The Morgan fingerprint density at radius 3 is 2.74 bits per heavy atom. The molecule has 1 saturated carbocycles. The van der Waals surface area contributed by atoms with E-state index in [2.05, 4.69) is 30.4 Å². The SMILES string of the molecule is CCCNC(C(=O)OCC)c1ccccc1C1CC1. The summed E-state index contributed by atoms with van der Waals surface area (Å²) in [7, 11) is 0. The lowest BCUT2D eigenvalue weighted by Crippen LogP contribution is -2.31. The van der Waals surface area contributed by atoms with Crippen LogP contribution in [0.5, 0.6) is 0 Å². The van der Waals surface area contributed by atoms with Gasteiger partial charge < -0.3 is 10.1 Å². The molecule has 0 amide bonds. The first kappa shape index (κ1) is 14.1. The van der Waals surface area contributed by atoms with E-state index < -0.39 is 0 Å². The molecule has 0 radical (unpaired) electrons. The summed E-state index contributed by atoms with van der Waals surface area (Å²) in [5.74, 6) is 0.473. The Balaban J connectivity index is 2.23. The Labute approximate surface area is 115 Å². The number of hydrogen-bond acceptors (Lipinski definition) is 3. The standard InChI is InChI=1S/C16H23NO2/c1-3-11-17-15(16(18)19-4-2)14-8-6-5-7-13(14)12-9-10-12/h5-8,12,15,17H,3-4,9-11H2,1-2H3. The fraction of sp³-hybridized carbons (Fsp3) is 0.562. The normalized spacial score (nSPS) is 16.1. The molecule has 2 rings (SSSR count). The smallest absolute Gasteiger partial charge is 0.327 e. The number of nitrogens with one attached hydrogen (secondary N) is 1.